The molecule has 0 fully saturated rings. The van der Waals surface area contributed by atoms with Gasteiger partial charge in [0.25, 0.3) is 0 Å². The standard InChI is InChI=1S/C15H14O5S/c1-11-5-3-4-6-14(11)20-21(17,18)13-9-7-12(8-10-13)15(16)19-2/h3-10H,1-2H3. The summed E-state index contributed by atoms with van der Waals surface area (Å²) >= 11 is 0. The van der Waals surface area contributed by atoms with Crippen molar-refractivity contribution in [3.8, 4) is 5.75 Å². The zero-order valence-electron chi connectivity index (χ0n) is 11.6. The molecule has 0 unspecified atom stereocenters. The lowest BCUT2D eigenvalue weighted by molar-refractivity contribution is 0.0600. The van der Waals surface area contributed by atoms with E-state index < -0.39 is 16.1 Å². The minimum atomic E-state index is -3.94. The first-order valence-electron chi connectivity index (χ1n) is 6.12. The molecule has 0 saturated heterocycles. The van der Waals surface area contributed by atoms with E-state index in [4.69, 9.17) is 4.18 Å². The van der Waals surface area contributed by atoms with Crippen LogP contribution in [0, 0.1) is 6.92 Å². The normalized spacial score (nSPS) is 11.0. The first-order chi connectivity index (χ1) is 9.94. The molecule has 0 bridgehead atoms. The third-order valence-corrected chi connectivity index (χ3v) is 4.11. The maximum absolute atomic E-state index is 12.2. The van der Waals surface area contributed by atoms with Crippen LogP contribution in [0.15, 0.2) is 53.4 Å². The Labute approximate surface area is 123 Å². The smallest absolute Gasteiger partial charge is 0.339 e. The van der Waals surface area contributed by atoms with Crippen LogP contribution < -0.4 is 4.18 Å². The molecule has 2 aromatic rings. The molecular formula is C15H14O5S. The molecule has 21 heavy (non-hydrogen) atoms. The first kappa shape index (κ1) is 15.1. The van der Waals surface area contributed by atoms with Crippen LogP contribution >= 0.6 is 0 Å². The molecular weight excluding hydrogens is 292 g/mol. The topological polar surface area (TPSA) is 69.7 Å². The van der Waals surface area contributed by atoms with Crippen molar-refractivity contribution in [1.82, 2.24) is 0 Å². The van der Waals surface area contributed by atoms with Gasteiger partial charge in [0.2, 0.25) is 0 Å². The Morgan fingerprint density at radius 1 is 1.00 bits per heavy atom. The van der Waals surface area contributed by atoms with E-state index in [-0.39, 0.29) is 16.2 Å². The second kappa shape index (κ2) is 5.97. The van der Waals surface area contributed by atoms with Crippen LogP contribution in [0.2, 0.25) is 0 Å². The van der Waals surface area contributed by atoms with Gasteiger partial charge < -0.3 is 8.92 Å². The summed E-state index contributed by atoms with van der Waals surface area (Å²) in [4.78, 5) is 11.3. The zero-order valence-corrected chi connectivity index (χ0v) is 12.4. The van der Waals surface area contributed by atoms with Gasteiger partial charge >= 0.3 is 16.1 Å². The summed E-state index contributed by atoms with van der Waals surface area (Å²) in [5.41, 5.74) is 0.986. The molecule has 0 atom stereocenters. The Bertz CT molecular complexity index is 748. The molecule has 2 rings (SSSR count). The molecule has 6 heteroatoms. The molecule has 0 spiro atoms. The van der Waals surface area contributed by atoms with Gasteiger partial charge in [-0.05, 0) is 42.8 Å². The zero-order chi connectivity index (χ0) is 15.5. The third-order valence-electron chi connectivity index (χ3n) is 2.86. The van der Waals surface area contributed by atoms with Crippen molar-refractivity contribution < 1.29 is 22.1 Å². The van der Waals surface area contributed by atoms with Gasteiger partial charge in [-0.25, -0.2) is 4.79 Å². The maximum Gasteiger partial charge on any atom is 0.339 e. The molecule has 0 aliphatic rings. The molecule has 0 aliphatic carbocycles. The minimum absolute atomic E-state index is 0.0293. The molecule has 2 aromatic carbocycles. The Morgan fingerprint density at radius 2 is 1.62 bits per heavy atom. The molecule has 0 radical (unpaired) electrons. The highest BCUT2D eigenvalue weighted by molar-refractivity contribution is 7.87. The van der Waals surface area contributed by atoms with Crippen molar-refractivity contribution in [2.45, 2.75) is 11.8 Å². The van der Waals surface area contributed by atoms with Crippen molar-refractivity contribution in [3.05, 3.63) is 59.7 Å². The average Bonchev–Trinajstić information content (AvgIpc) is 2.49. The van der Waals surface area contributed by atoms with Crippen LogP contribution in [0.3, 0.4) is 0 Å². The number of para-hydroxylation sites is 1. The van der Waals surface area contributed by atoms with Gasteiger partial charge in [0.05, 0.1) is 12.7 Å². The highest BCUT2D eigenvalue weighted by Gasteiger charge is 2.18. The summed E-state index contributed by atoms with van der Waals surface area (Å²) in [5.74, 6) is -0.256. The van der Waals surface area contributed by atoms with Gasteiger partial charge in [0.15, 0.2) is 0 Å². The second-order valence-corrected chi connectivity index (χ2v) is 5.87. The molecule has 110 valence electrons. The van der Waals surface area contributed by atoms with Crippen LogP contribution in [0.5, 0.6) is 5.75 Å². The van der Waals surface area contributed by atoms with Gasteiger partial charge in [0.1, 0.15) is 10.6 Å². The lowest BCUT2D eigenvalue weighted by Crippen LogP contribution is -2.11. The monoisotopic (exact) mass is 306 g/mol. The molecule has 0 amide bonds. The fourth-order valence-corrected chi connectivity index (χ4v) is 2.68. The van der Waals surface area contributed by atoms with E-state index in [1.165, 1.54) is 31.4 Å². The summed E-state index contributed by atoms with van der Waals surface area (Å²) in [7, 11) is -2.68. The molecule has 0 heterocycles. The predicted octanol–water partition coefficient (Wildman–Crippen LogP) is 2.55. The highest BCUT2D eigenvalue weighted by Crippen LogP contribution is 2.22. The number of carbonyl (C=O) groups is 1. The Hall–Kier alpha value is -2.34. The fraction of sp³-hybridized carbons (Fsp3) is 0.133. The van der Waals surface area contributed by atoms with Crippen LogP contribution in [0.25, 0.3) is 0 Å². The van der Waals surface area contributed by atoms with E-state index in [1.54, 1.807) is 31.2 Å². The van der Waals surface area contributed by atoms with E-state index in [1.807, 2.05) is 0 Å². The quantitative estimate of drug-likeness (QED) is 0.641. The summed E-state index contributed by atoms with van der Waals surface area (Å²) in [6.45, 7) is 1.76. The first-order valence-corrected chi connectivity index (χ1v) is 7.53. The van der Waals surface area contributed by atoms with Crippen LogP contribution in [0.1, 0.15) is 15.9 Å². The molecule has 0 aliphatic heterocycles. The number of carbonyl (C=O) groups excluding carboxylic acids is 1. The maximum atomic E-state index is 12.2. The number of benzene rings is 2. The largest absolute Gasteiger partial charge is 0.465 e. The van der Waals surface area contributed by atoms with E-state index in [0.717, 1.165) is 0 Å². The summed E-state index contributed by atoms with van der Waals surface area (Å²) in [6.07, 6.45) is 0. The minimum Gasteiger partial charge on any atom is -0.465 e. The van der Waals surface area contributed by atoms with Crippen molar-refractivity contribution in [3.63, 3.8) is 0 Å². The van der Waals surface area contributed by atoms with Crippen LogP contribution in [-0.2, 0) is 14.9 Å². The Morgan fingerprint density at radius 3 is 2.19 bits per heavy atom. The van der Waals surface area contributed by atoms with Gasteiger partial charge in [-0.15, -0.1) is 0 Å². The van der Waals surface area contributed by atoms with Gasteiger partial charge in [-0.2, -0.15) is 8.42 Å². The number of aryl methyl sites for hydroxylation is 1. The second-order valence-electron chi connectivity index (χ2n) is 4.32. The SMILES string of the molecule is COC(=O)c1ccc(S(=O)(=O)Oc2ccccc2C)cc1. The van der Waals surface area contributed by atoms with Crippen molar-refractivity contribution in [1.29, 1.82) is 0 Å². The van der Waals surface area contributed by atoms with E-state index in [2.05, 4.69) is 4.74 Å². The predicted molar refractivity (Wildman–Crippen MR) is 76.8 cm³/mol. The summed E-state index contributed by atoms with van der Waals surface area (Å²) in [6, 6.07) is 12.2. The summed E-state index contributed by atoms with van der Waals surface area (Å²) < 4.78 is 34.0. The van der Waals surface area contributed by atoms with Crippen LogP contribution in [-0.4, -0.2) is 21.5 Å². The Balaban J connectivity index is 2.28. The van der Waals surface area contributed by atoms with Crippen LogP contribution in [0.4, 0.5) is 0 Å². The molecule has 5 nitrogen and oxygen atoms in total. The van der Waals surface area contributed by atoms with E-state index in [0.29, 0.717) is 5.56 Å². The fourth-order valence-electron chi connectivity index (χ4n) is 1.69. The number of methoxy groups -OCH3 is 1. The molecule has 0 aromatic heterocycles. The van der Waals surface area contributed by atoms with Gasteiger partial charge in [0, 0.05) is 0 Å². The van der Waals surface area contributed by atoms with Crippen molar-refractivity contribution in [2.75, 3.05) is 7.11 Å². The number of hydrogen-bond donors (Lipinski definition) is 0. The lowest BCUT2D eigenvalue weighted by Gasteiger charge is -2.09. The number of rotatable bonds is 4. The lowest BCUT2D eigenvalue weighted by atomic mass is 10.2. The van der Waals surface area contributed by atoms with Gasteiger partial charge in [-0.3, -0.25) is 0 Å². The number of hydrogen-bond acceptors (Lipinski definition) is 5. The van der Waals surface area contributed by atoms with Gasteiger partial charge in [-0.1, -0.05) is 18.2 Å². The summed E-state index contributed by atoms with van der Waals surface area (Å²) in [5, 5.41) is 0. The molecule has 0 N–H and O–H groups in total. The van der Waals surface area contributed by atoms with E-state index >= 15 is 0 Å². The third kappa shape index (κ3) is 3.41. The number of esters is 1. The van der Waals surface area contributed by atoms with Crippen molar-refractivity contribution in [2.24, 2.45) is 0 Å². The van der Waals surface area contributed by atoms with E-state index in [9.17, 15) is 13.2 Å². The number of ether oxygens (including phenoxy) is 1. The molecule has 0 saturated carbocycles. The Kier molecular flexibility index (Phi) is 4.28. The van der Waals surface area contributed by atoms with Crippen molar-refractivity contribution >= 4 is 16.1 Å². The average molecular weight is 306 g/mol. The highest BCUT2D eigenvalue weighted by atomic mass is 32.2.